The van der Waals surface area contributed by atoms with Crippen LogP contribution in [-0.4, -0.2) is 32.2 Å². The molecule has 1 aromatic heterocycles. The van der Waals surface area contributed by atoms with Crippen LogP contribution in [0.3, 0.4) is 0 Å². The molecule has 1 aromatic carbocycles. The number of alkyl halides is 1. The molecule has 0 bridgehead atoms. The summed E-state index contributed by atoms with van der Waals surface area (Å²) in [6, 6.07) is 6.27. The van der Waals surface area contributed by atoms with Crippen molar-refractivity contribution in [3.05, 3.63) is 40.5 Å². The topological polar surface area (TPSA) is 38.1 Å². The van der Waals surface area contributed by atoms with Gasteiger partial charge in [-0.15, -0.1) is 0 Å². The predicted octanol–water partition coefficient (Wildman–Crippen LogP) is 3.92. The van der Waals surface area contributed by atoms with Crippen LogP contribution in [0, 0.1) is 5.82 Å². The minimum atomic E-state index is -0.510. The van der Waals surface area contributed by atoms with Gasteiger partial charge in [0.1, 0.15) is 21.9 Å². The summed E-state index contributed by atoms with van der Waals surface area (Å²) in [6.07, 6.45) is 0. The van der Waals surface area contributed by atoms with Crippen molar-refractivity contribution in [3.63, 3.8) is 0 Å². The molecule has 23 heavy (non-hydrogen) atoms. The number of benzene rings is 1. The molecule has 0 fully saturated rings. The van der Waals surface area contributed by atoms with Crippen LogP contribution < -0.4 is 0 Å². The van der Waals surface area contributed by atoms with E-state index in [-0.39, 0.29) is 11.7 Å². The lowest BCUT2D eigenvalue weighted by Gasteiger charge is -2.42. The maximum Gasteiger partial charge on any atom is 0.234 e. The number of carbonyl (C=O) groups is 1. The van der Waals surface area contributed by atoms with Gasteiger partial charge in [-0.05, 0) is 54.0 Å². The van der Waals surface area contributed by atoms with Crippen LogP contribution in [0.4, 0.5) is 4.39 Å². The highest BCUT2D eigenvalue weighted by molar-refractivity contribution is 9.10. The van der Waals surface area contributed by atoms with E-state index in [4.69, 9.17) is 4.98 Å². The molecule has 0 saturated carbocycles. The van der Waals surface area contributed by atoms with E-state index >= 15 is 0 Å². The molecular weight excluding hydrogens is 429 g/mol. The van der Waals surface area contributed by atoms with Crippen molar-refractivity contribution in [1.82, 2.24) is 14.5 Å². The SMILES string of the molecule is CC1(C)c2nc(-c3ccc(F)cc3)c(Br)n2CCN1C(=O)CBr. The zero-order valence-electron chi connectivity index (χ0n) is 12.8. The maximum atomic E-state index is 13.1. The second kappa shape index (κ2) is 6.02. The van der Waals surface area contributed by atoms with Crippen LogP contribution in [-0.2, 0) is 16.9 Å². The van der Waals surface area contributed by atoms with Gasteiger partial charge < -0.3 is 9.47 Å². The van der Waals surface area contributed by atoms with Crippen LogP contribution in [0.25, 0.3) is 11.3 Å². The minimum Gasteiger partial charge on any atom is -0.328 e. The number of hydrogen-bond acceptors (Lipinski definition) is 2. The lowest BCUT2D eigenvalue weighted by atomic mass is 9.99. The van der Waals surface area contributed by atoms with E-state index in [9.17, 15) is 9.18 Å². The molecule has 0 radical (unpaired) electrons. The van der Waals surface area contributed by atoms with Gasteiger partial charge in [-0.25, -0.2) is 9.37 Å². The zero-order chi connectivity index (χ0) is 16.8. The Bertz CT molecular complexity index is 755. The smallest absolute Gasteiger partial charge is 0.234 e. The monoisotopic (exact) mass is 443 g/mol. The van der Waals surface area contributed by atoms with Crippen molar-refractivity contribution in [2.24, 2.45) is 0 Å². The molecule has 1 aliphatic rings. The Hall–Kier alpha value is -1.21. The first-order valence-electron chi connectivity index (χ1n) is 7.25. The molecule has 0 aliphatic carbocycles. The number of imidazole rings is 1. The molecule has 0 unspecified atom stereocenters. The van der Waals surface area contributed by atoms with Gasteiger partial charge in [0.25, 0.3) is 0 Å². The van der Waals surface area contributed by atoms with Crippen LogP contribution in [0.2, 0.25) is 0 Å². The highest BCUT2D eigenvalue weighted by Crippen LogP contribution is 2.38. The van der Waals surface area contributed by atoms with E-state index < -0.39 is 5.54 Å². The number of halogens is 3. The molecule has 7 heteroatoms. The molecule has 3 rings (SSSR count). The lowest BCUT2D eigenvalue weighted by Crippen LogP contribution is -2.52. The molecule has 1 aliphatic heterocycles. The molecule has 2 heterocycles. The van der Waals surface area contributed by atoms with E-state index in [2.05, 4.69) is 36.4 Å². The summed E-state index contributed by atoms with van der Waals surface area (Å²) in [5.74, 6) is 0.594. The highest BCUT2D eigenvalue weighted by Gasteiger charge is 2.40. The van der Waals surface area contributed by atoms with Gasteiger partial charge in [0.2, 0.25) is 5.91 Å². The molecule has 0 spiro atoms. The summed E-state index contributed by atoms with van der Waals surface area (Å²) >= 11 is 6.85. The molecule has 122 valence electrons. The molecule has 1 amide bonds. The quantitative estimate of drug-likeness (QED) is 0.658. The van der Waals surface area contributed by atoms with Gasteiger partial charge in [0, 0.05) is 18.7 Å². The van der Waals surface area contributed by atoms with Crippen LogP contribution >= 0.6 is 31.9 Å². The Labute approximate surface area is 150 Å². The van der Waals surface area contributed by atoms with Crippen molar-refractivity contribution < 1.29 is 9.18 Å². The Morgan fingerprint density at radius 1 is 1.30 bits per heavy atom. The Morgan fingerprint density at radius 3 is 2.57 bits per heavy atom. The van der Waals surface area contributed by atoms with E-state index in [1.165, 1.54) is 12.1 Å². The van der Waals surface area contributed by atoms with Gasteiger partial charge >= 0.3 is 0 Å². The van der Waals surface area contributed by atoms with Crippen LogP contribution in [0.15, 0.2) is 28.9 Å². The molecule has 2 aromatic rings. The molecular formula is C16H16Br2FN3O. The van der Waals surface area contributed by atoms with E-state index in [1.807, 2.05) is 18.7 Å². The van der Waals surface area contributed by atoms with Crippen LogP contribution in [0.1, 0.15) is 19.7 Å². The van der Waals surface area contributed by atoms with Crippen molar-refractivity contribution in [2.45, 2.75) is 25.9 Å². The molecule has 0 atom stereocenters. The van der Waals surface area contributed by atoms with Crippen molar-refractivity contribution >= 4 is 37.8 Å². The molecule has 0 N–H and O–H groups in total. The number of fused-ring (bicyclic) bond motifs is 1. The Morgan fingerprint density at radius 2 is 1.96 bits per heavy atom. The minimum absolute atomic E-state index is 0.0451. The van der Waals surface area contributed by atoms with Crippen molar-refractivity contribution in [1.29, 1.82) is 0 Å². The summed E-state index contributed by atoms with van der Waals surface area (Å²) in [5, 5.41) is 0.295. The van der Waals surface area contributed by atoms with Gasteiger partial charge in [0.05, 0.1) is 10.9 Å². The van der Waals surface area contributed by atoms with Crippen molar-refractivity contribution in [2.75, 3.05) is 11.9 Å². The zero-order valence-corrected chi connectivity index (χ0v) is 16.0. The number of carbonyl (C=O) groups excluding carboxylic acids is 1. The fourth-order valence-electron chi connectivity index (χ4n) is 3.00. The summed E-state index contributed by atoms with van der Waals surface area (Å²) in [5.41, 5.74) is 1.10. The molecule has 0 saturated heterocycles. The maximum absolute atomic E-state index is 13.1. The lowest BCUT2D eigenvalue weighted by molar-refractivity contribution is -0.135. The van der Waals surface area contributed by atoms with Gasteiger partial charge in [0.15, 0.2) is 0 Å². The molecule has 4 nitrogen and oxygen atoms in total. The number of hydrogen-bond donors (Lipinski definition) is 0. The normalized spacial score (nSPS) is 16.3. The van der Waals surface area contributed by atoms with E-state index in [1.54, 1.807) is 12.1 Å². The summed E-state index contributed by atoms with van der Waals surface area (Å²) < 4.78 is 16.1. The third kappa shape index (κ3) is 2.74. The Kier molecular flexibility index (Phi) is 4.35. The third-order valence-corrected chi connectivity index (χ3v) is 5.49. The van der Waals surface area contributed by atoms with Gasteiger partial charge in [-0.1, -0.05) is 15.9 Å². The number of amides is 1. The summed E-state index contributed by atoms with van der Waals surface area (Å²) in [7, 11) is 0. The standard InChI is InChI=1S/C16H16Br2FN3O/c1-16(2)15-20-13(10-3-5-11(19)6-4-10)14(18)21(15)7-8-22(16)12(23)9-17/h3-6H,7-9H2,1-2H3. The Balaban J connectivity index is 2.09. The van der Waals surface area contributed by atoms with Crippen LogP contribution in [0.5, 0.6) is 0 Å². The first-order chi connectivity index (χ1) is 10.9. The second-order valence-corrected chi connectivity index (χ2v) is 7.28. The largest absolute Gasteiger partial charge is 0.328 e. The van der Waals surface area contributed by atoms with Gasteiger partial charge in [-0.2, -0.15) is 0 Å². The average Bonchev–Trinajstić information content (AvgIpc) is 2.86. The van der Waals surface area contributed by atoms with Crippen molar-refractivity contribution in [3.8, 4) is 11.3 Å². The van der Waals surface area contributed by atoms with E-state index in [0.717, 1.165) is 21.7 Å². The number of nitrogens with zero attached hydrogens (tertiary/aromatic N) is 3. The fourth-order valence-corrected chi connectivity index (χ4v) is 3.97. The summed E-state index contributed by atoms with van der Waals surface area (Å²) in [6.45, 7) is 5.29. The number of aromatic nitrogens is 2. The highest BCUT2D eigenvalue weighted by atomic mass is 79.9. The van der Waals surface area contributed by atoms with E-state index in [0.29, 0.717) is 18.4 Å². The predicted molar refractivity (Wildman–Crippen MR) is 93.9 cm³/mol. The van der Waals surface area contributed by atoms with Gasteiger partial charge in [-0.3, -0.25) is 4.79 Å². The third-order valence-electron chi connectivity index (χ3n) is 4.21. The first-order valence-corrected chi connectivity index (χ1v) is 9.16. The number of rotatable bonds is 2. The fraction of sp³-hybridized carbons (Fsp3) is 0.375. The first kappa shape index (κ1) is 16.6. The average molecular weight is 445 g/mol. The summed E-state index contributed by atoms with van der Waals surface area (Å²) in [4.78, 5) is 18.8. The second-order valence-electron chi connectivity index (χ2n) is 5.97.